The number of hydrogen-bond acceptors (Lipinski definition) is 3. The second kappa shape index (κ2) is 8.95. The van der Waals surface area contributed by atoms with Gasteiger partial charge >= 0.3 is 6.03 Å². The lowest BCUT2D eigenvalue weighted by molar-refractivity contribution is -0.116. The third kappa shape index (κ3) is 4.71. The monoisotopic (exact) mass is 425 g/mol. The van der Waals surface area contributed by atoms with Gasteiger partial charge in [-0.15, -0.1) is 0 Å². The first-order chi connectivity index (χ1) is 15.0. The molecule has 0 unspecified atom stereocenters. The van der Waals surface area contributed by atoms with Gasteiger partial charge in [-0.25, -0.2) is 13.6 Å². The van der Waals surface area contributed by atoms with E-state index >= 15 is 0 Å². The van der Waals surface area contributed by atoms with Crippen LogP contribution in [-0.2, 0) is 17.8 Å². The summed E-state index contributed by atoms with van der Waals surface area (Å²) >= 11 is 0. The molecule has 9 heteroatoms. The molecule has 160 valence electrons. The number of amides is 3. The molecule has 0 aliphatic carbocycles. The first-order valence-electron chi connectivity index (χ1n) is 9.90. The molecule has 0 spiro atoms. The number of aromatic amines is 1. The number of aromatic nitrogens is 2. The number of benzene rings is 2. The molecule has 4 rings (SSSR count). The molecule has 0 atom stereocenters. The van der Waals surface area contributed by atoms with Crippen LogP contribution in [0.4, 0.5) is 19.4 Å². The summed E-state index contributed by atoms with van der Waals surface area (Å²) in [6, 6.07) is 13.0. The SMILES string of the molecule is O=C(CCNC(=O)N1CCc2ccccc2C1)Nc1cc(-c2cccc(F)c2F)[nH]n1. The Morgan fingerprint density at radius 2 is 1.90 bits per heavy atom. The lowest BCUT2D eigenvalue weighted by atomic mass is 10.0. The van der Waals surface area contributed by atoms with Gasteiger partial charge in [0.05, 0.1) is 5.69 Å². The van der Waals surface area contributed by atoms with Crippen molar-refractivity contribution >= 4 is 17.8 Å². The Labute approximate surface area is 177 Å². The zero-order chi connectivity index (χ0) is 21.8. The summed E-state index contributed by atoms with van der Waals surface area (Å²) in [4.78, 5) is 26.2. The molecular weight excluding hydrogens is 404 g/mol. The lowest BCUT2D eigenvalue weighted by Gasteiger charge is -2.28. The van der Waals surface area contributed by atoms with Gasteiger partial charge in [0.2, 0.25) is 5.91 Å². The summed E-state index contributed by atoms with van der Waals surface area (Å²) in [5.74, 6) is -2.14. The van der Waals surface area contributed by atoms with Crippen LogP contribution in [0.5, 0.6) is 0 Å². The fourth-order valence-corrected chi connectivity index (χ4v) is 3.50. The molecule has 1 aromatic heterocycles. The van der Waals surface area contributed by atoms with E-state index in [0.717, 1.165) is 18.1 Å². The maximum Gasteiger partial charge on any atom is 0.317 e. The molecule has 7 nitrogen and oxygen atoms in total. The van der Waals surface area contributed by atoms with Gasteiger partial charge in [-0.05, 0) is 29.7 Å². The molecular formula is C22H21F2N5O2. The Hall–Kier alpha value is -3.75. The summed E-state index contributed by atoms with van der Waals surface area (Å²) in [5.41, 5.74) is 2.64. The molecule has 31 heavy (non-hydrogen) atoms. The third-order valence-electron chi connectivity index (χ3n) is 5.13. The number of fused-ring (bicyclic) bond motifs is 1. The number of carbonyl (C=O) groups excluding carboxylic acids is 2. The highest BCUT2D eigenvalue weighted by molar-refractivity contribution is 5.90. The van der Waals surface area contributed by atoms with Crippen LogP contribution in [0.2, 0.25) is 0 Å². The molecule has 0 saturated heterocycles. The summed E-state index contributed by atoms with van der Waals surface area (Å²) in [5, 5.41) is 11.8. The third-order valence-corrected chi connectivity index (χ3v) is 5.13. The van der Waals surface area contributed by atoms with Crippen LogP contribution < -0.4 is 10.6 Å². The number of urea groups is 1. The van der Waals surface area contributed by atoms with E-state index in [0.29, 0.717) is 13.1 Å². The number of rotatable bonds is 5. The molecule has 0 radical (unpaired) electrons. The van der Waals surface area contributed by atoms with Crippen LogP contribution in [0.3, 0.4) is 0 Å². The number of carbonyl (C=O) groups is 2. The standard InChI is InChI=1S/C22H21F2N5O2/c23-17-7-3-6-16(21(17)24)18-12-19(28-27-18)26-20(30)8-10-25-22(31)29-11-9-14-4-1-2-5-15(14)13-29/h1-7,12H,8-11,13H2,(H,25,31)(H2,26,27,28,30). The largest absolute Gasteiger partial charge is 0.337 e. The Bertz CT molecular complexity index is 1110. The summed E-state index contributed by atoms with van der Waals surface area (Å²) < 4.78 is 27.3. The Morgan fingerprint density at radius 3 is 2.74 bits per heavy atom. The van der Waals surface area contributed by atoms with Crippen molar-refractivity contribution in [2.24, 2.45) is 0 Å². The maximum absolute atomic E-state index is 13.9. The normalized spacial score (nSPS) is 12.9. The van der Waals surface area contributed by atoms with Crippen molar-refractivity contribution in [3.05, 3.63) is 71.3 Å². The molecule has 3 aromatic rings. The van der Waals surface area contributed by atoms with Gasteiger partial charge in [-0.2, -0.15) is 5.10 Å². The van der Waals surface area contributed by atoms with Crippen molar-refractivity contribution in [3.63, 3.8) is 0 Å². The first kappa shape index (κ1) is 20.5. The quantitative estimate of drug-likeness (QED) is 0.585. The highest BCUT2D eigenvalue weighted by Crippen LogP contribution is 2.24. The smallest absolute Gasteiger partial charge is 0.317 e. The molecule has 0 bridgehead atoms. The van der Waals surface area contributed by atoms with Gasteiger partial charge in [-0.1, -0.05) is 30.3 Å². The van der Waals surface area contributed by atoms with Gasteiger partial charge < -0.3 is 15.5 Å². The van der Waals surface area contributed by atoms with E-state index in [9.17, 15) is 18.4 Å². The van der Waals surface area contributed by atoms with Crippen LogP contribution in [0.1, 0.15) is 17.5 Å². The van der Waals surface area contributed by atoms with Gasteiger partial charge in [0.25, 0.3) is 0 Å². The second-order valence-electron chi connectivity index (χ2n) is 7.24. The van der Waals surface area contributed by atoms with Crippen molar-refractivity contribution in [1.29, 1.82) is 0 Å². The summed E-state index contributed by atoms with van der Waals surface area (Å²) in [6.45, 7) is 1.33. The topological polar surface area (TPSA) is 90.1 Å². The molecule has 0 saturated carbocycles. The van der Waals surface area contributed by atoms with Crippen molar-refractivity contribution in [3.8, 4) is 11.3 Å². The van der Waals surface area contributed by atoms with Gasteiger partial charge in [0.15, 0.2) is 17.5 Å². The number of hydrogen-bond donors (Lipinski definition) is 3. The molecule has 3 amide bonds. The van der Waals surface area contributed by atoms with Gasteiger partial charge in [0.1, 0.15) is 0 Å². The van der Waals surface area contributed by atoms with Crippen LogP contribution in [0, 0.1) is 11.6 Å². The molecule has 0 fully saturated rings. The van der Waals surface area contributed by atoms with E-state index < -0.39 is 11.6 Å². The lowest BCUT2D eigenvalue weighted by Crippen LogP contribution is -2.43. The van der Waals surface area contributed by atoms with E-state index in [-0.39, 0.29) is 42.0 Å². The minimum absolute atomic E-state index is 0.0170. The number of nitrogens with one attached hydrogen (secondary N) is 3. The minimum Gasteiger partial charge on any atom is -0.337 e. The van der Waals surface area contributed by atoms with E-state index in [1.807, 2.05) is 18.2 Å². The van der Waals surface area contributed by atoms with Crippen molar-refractivity contribution in [1.82, 2.24) is 20.4 Å². The summed E-state index contributed by atoms with van der Waals surface area (Å²) in [6.07, 6.45) is 0.851. The first-order valence-corrected chi connectivity index (χ1v) is 9.90. The predicted molar refractivity (Wildman–Crippen MR) is 111 cm³/mol. The van der Waals surface area contributed by atoms with Gasteiger partial charge in [-0.3, -0.25) is 9.89 Å². The number of anilines is 1. The van der Waals surface area contributed by atoms with Crippen molar-refractivity contribution < 1.29 is 18.4 Å². The van der Waals surface area contributed by atoms with E-state index in [1.54, 1.807) is 4.90 Å². The average molecular weight is 425 g/mol. The number of H-pyrrole nitrogens is 1. The van der Waals surface area contributed by atoms with Crippen LogP contribution in [0.15, 0.2) is 48.5 Å². The number of halogens is 2. The van der Waals surface area contributed by atoms with Crippen LogP contribution >= 0.6 is 0 Å². The maximum atomic E-state index is 13.9. The highest BCUT2D eigenvalue weighted by Gasteiger charge is 2.20. The van der Waals surface area contributed by atoms with Crippen molar-refractivity contribution in [2.45, 2.75) is 19.4 Å². The van der Waals surface area contributed by atoms with E-state index in [4.69, 9.17) is 0 Å². The van der Waals surface area contributed by atoms with Crippen LogP contribution in [0.25, 0.3) is 11.3 Å². The Balaban J connectivity index is 1.25. The summed E-state index contributed by atoms with van der Waals surface area (Å²) in [7, 11) is 0. The Kier molecular flexibility index (Phi) is 5.92. The van der Waals surface area contributed by atoms with Crippen LogP contribution in [-0.4, -0.2) is 40.1 Å². The van der Waals surface area contributed by atoms with Crippen molar-refractivity contribution in [2.75, 3.05) is 18.4 Å². The fraction of sp³-hybridized carbons (Fsp3) is 0.227. The van der Waals surface area contributed by atoms with Gasteiger partial charge in [0, 0.05) is 37.7 Å². The minimum atomic E-state index is -0.993. The zero-order valence-corrected chi connectivity index (χ0v) is 16.6. The molecule has 1 aliphatic heterocycles. The second-order valence-corrected chi connectivity index (χ2v) is 7.24. The molecule has 2 aromatic carbocycles. The molecule has 2 heterocycles. The zero-order valence-electron chi connectivity index (χ0n) is 16.6. The average Bonchev–Trinajstić information content (AvgIpc) is 3.23. The van der Waals surface area contributed by atoms with E-state index in [2.05, 4.69) is 26.9 Å². The molecule has 3 N–H and O–H groups in total. The fourth-order valence-electron chi connectivity index (χ4n) is 3.50. The predicted octanol–water partition coefficient (Wildman–Crippen LogP) is 3.45. The van der Waals surface area contributed by atoms with E-state index in [1.165, 1.54) is 23.8 Å². The molecule has 1 aliphatic rings. The highest BCUT2D eigenvalue weighted by atomic mass is 19.2. The number of nitrogens with zero attached hydrogens (tertiary/aromatic N) is 2. The Morgan fingerprint density at radius 1 is 1.10 bits per heavy atom.